The third-order valence-electron chi connectivity index (χ3n) is 2.88. The smallest absolute Gasteiger partial charge is 0.0645 e. The number of hydrogen-bond acceptors (Lipinski definition) is 2. The average Bonchev–Trinajstić information content (AvgIpc) is 3.01. The molecule has 0 radical (unpaired) electrons. The van der Waals surface area contributed by atoms with Crippen molar-refractivity contribution in [3.63, 3.8) is 0 Å². The molecule has 1 aliphatic rings. The molecule has 1 saturated heterocycles. The predicted octanol–water partition coefficient (Wildman–Crippen LogP) is 2.38. The van der Waals surface area contributed by atoms with Gasteiger partial charge in [0, 0.05) is 19.1 Å². The van der Waals surface area contributed by atoms with E-state index in [0.717, 1.165) is 19.7 Å². The molecule has 0 bridgehead atoms. The van der Waals surface area contributed by atoms with Crippen LogP contribution < -0.4 is 0 Å². The summed E-state index contributed by atoms with van der Waals surface area (Å²) in [7, 11) is 0. The van der Waals surface area contributed by atoms with Crippen LogP contribution in [0.3, 0.4) is 0 Å². The van der Waals surface area contributed by atoms with Gasteiger partial charge in [0.15, 0.2) is 0 Å². The second-order valence-electron chi connectivity index (χ2n) is 4.39. The van der Waals surface area contributed by atoms with Gasteiger partial charge in [-0.15, -0.1) is 6.58 Å². The van der Waals surface area contributed by atoms with Crippen molar-refractivity contribution in [3.8, 4) is 0 Å². The summed E-state index contributed by atoms with van der Waals surface area (Å²) in [5.41, 5.74) is 2.71. The standard InChI is InChI=1S/C14H19NO/c1-3-8-16-11-14-10-15(14)9-13-6-4-12(2)5-7-13/h3-7,14H,1,8-11H2,2H3. The summed E-state index contributed by atoms with van der Waals surface area (Å²) in [5, 5.41) is 0. The first kappa shape index (κ1) is 11.4. The molecule has 2 nitrogen and oxygen atoms in total. The molecule has 1 aromatic carbocycles. The number of aryl methyl sites for hydroxylation is 1. The first-order chi connectivity index (χ1) is 7.79. The van der Waals surface area contributed by atoms with Gasteiger partial charge in [-0.1, -0.05) is 35.9 Å². The molecule has 0 aliphatic carbocycles. The van der Waals surface area contributed by atoms with Crippen molar-refractivity contribution < 1.29 is 4.74 Å². The zero-order valence-corrected chi connectivity index (χ0v) is 9.86. The topological polar surface area (TPSA) is 12.2 Å². The largest absolute Gasteiger partial charge is 0.376 e. The zero-order chi connectivity index (χ0) is 11.4. The zero-order valence-electron chi connectivity index (χ0n) is 9.86. The first-order valence-electron chi connectivity index (χ1n) is 5.78. The third kappa shape index (κ3) is 3.19. The van der Waals surface area contributed by atoms with Gasteiger partial charge in [-0.3, -0.25) is 4.90 Å². The van der Waals surface area contributed by atoms with Crippen molar-refractivity contribution in [1.82, 2.24) is 4.90 Å². The Morgan fingerprint density at radius 1 is 1.44 bits per heavy atom. The van der Waals surface area contributed by atoms with E-state index in [4.69, 9.17) is 4.74 Å². The Labute approximate surface area is 97.5 Å². The van der Waals surface area contributed by atoms with E-state index < -0.39 is 0 Å². The van der Waals surface area contributed by atoms with Gasteiger partial charge in [-0.05, 0) is 12.5 Å². The van der Waals surface area contributed by atoms with Crippen LogP contribution in [0.25, 0.3) is 0 Å². The Morgan fingerprint density at radius 3 is 2.88 bits per heavy atom. The highest BCUT2D eigenvalue weighted by Gasteiger charge is 2.33. The maximum Gasteiger partial charge on any atom is 0.0645 e. The summed E-state index contributed by atoms with van der Waals surface area (Å²) in [6, 6.07) is 9.36. The number of ether oxygens (including phenoxy) is 1. The molecule has 0 saturated carbocycles. The van der Waals surface area contributed by atoms with Crippen LogP contribution in [0.1, 0.15) is 11.1 Å². The van der Waals surface area contributed by atoms with Gasteiger partial charge in [-0.25, -0.2) is 0 Å². The summed E-state index contributed by atoms with van der Waals surface area (Å²) >= 11 is 0. The molecular formula is C14H19NO. The molecule has 1 aliphatic heterocycles. The van der Waals surface area contributed by atoms with Crippen LogP contribution in [0.5, 0.6) is 0 Å². The molecule has 2 heteroatoms. The maximum absolute atomic E-state index is 5.43. The SMILES string of the molecule is C=CCOCC1CN1Cc1ccc(C)cc1. The van der Waals surface area contributed by atoms with Gasteiger partial charge < -0.3 is 4.74 Å². The van der Waals surface area contributed by atoms with E-state index in [1.807, 2.05) is 0 Å². The lowest BCUT2D eigenvalue weighted by Crippen LogP contribution is -2.08. The molecule has 1 fully saturated rings. The van der Waals surface area contributed by atoms with E-state index in [2.05, 4.69) is 42.7 Å². The minimum absolute atomic E-state index is 0.612. The minimum atomic E-state index is 0.612. The summed E-state index contributed by atoms with van der Waals surface area (Å²) in [5.74, 6) is 0. The number of hydrogen-bond donors (Lipinski definition) is 0. The summed E-state index contributed by atoms with van der Waals surface area (Å²) in [6.07, 6.45) is 1.80. The maximum atomic E-state index is 5.43. The quantitative estimate of drug-likeness (QED) is 0.412. The normalized spacial score (nSPS) is 23.1. The fraction of sp³-hybridized carbons (Fsp3) is 0.429. The monoisotopic (exact) mass is 217 g/mol. The molecule has 86 valence electrons. The van der Waals surface area contributed by atoms with Crippen LogP contribution in [0, 0.1) is 6.92 Å². The molecule has 2 atom stereocenters. The highest BCUT2D eigenvalue weighted by Crippen LogP contribution is 2.21. The first-order valence-corrected chi connectivity index (χ1v) is 5.78. The minimum Gasteiger partial charge on any atom is -0.376 e. The fourth-order valence-electron chi connectivity index (χ4n) is 1.79. The predicted molar refractivity (Wildman–Crippen MR) is 66.4 cm³/mol. The van der Waals surface area contributed by atoms with Crippen LogP contribution in [0.4, 0.5) is 0 Å². The van der Waals surface area contributed by atoms with Crippen molar-refractivity contribution in [1.29, 1.82) is 0 Å². The van der Waals surface area contributed by atoms with E-state index in [-0.39, 0.29) is 0 Å². The van der Waals surface area contributed by atoms with Crippen molar-refractivity contribution in [2.45, 2.75) is 19.5 Å². The summed E-state index contributed by atoms with van der Waals surface area (Å²) in [4.78, 5) is 2.42. The Morgan fingerprint density at radius 2 is 2.19 bits per heavy atom. The molecule has 2 rings (SSSR count). The van der Waals surface area contributed by atoms with Gasteiger partial charge >= 0.3 is 0 Å². The fourth-order valence-corrected chi connectivity index (χ4v) is 1.79. The molecule has 0 amide bonds. The second-order valence-corrected chi connectivity index (χ2v) is 4.39. The molecule has 1 heterocycles. The number of rotatable bonds is 6. The van der Waals surface area contributed by atoms with Crippen LogP contribution in [0.15, 0.2) is 36.9 Å². The van der Waals surface area contributed by atoms with Crippen molar-refractivity contribution in [2.24, 2.45) is 0 Å². The van der Waals surface area contributed by atoms with Crippen molar-refractivity contribution in [3.05, 3.63) is 48.0 Å². The van der Waals surface area contributed by atoms with Crippen LogP contribution in [0.2, 0.25) is 0 Å². The van der Waals surface area contributed by atoms with Gasteiger partial charge in [0.25, 0.3) is 0 Å². The number of benzene rings is 1. The van der Waals surface area contributed by atoms with E-state index in [1.54, 1.807) is 6.08 Å². The van der Waals surface area contributed by atoms with Gasteiger partial charge in [0.1, 0.15) is 0 Å². The van der Waals surface area contributed by atoms with Gasteiger partial charge in [0.2, 0.25) is 0 Å². The van der Waals surface area contributed by atoms with Gasteiger partial charge in [0.05, 0.1) is 13.2 Å². The van der Waals surface area contributed by atoms with E-state index >= 15 is 0 Å². The third-order valence-corrected chi connectivity index (χ3v) is 2.88. The molecule has 1 aromatic rings. The average molecular weight is 217 g/mol. The van der Waals surface area contributed by atoms with Gasteiger partial charge in [-0.2, -0.15) is 0 Å². The Kier molecular flexibility index (Phi) is 3.75. The molecule has 2 unspecified atom stereocenters. The molecule has 16 heavy (non-hydrogen) atoms. The molecule has 0 spiro atoms. The molecule has 0 N–H and O–H groups in total. The van der Waals surface area contributed by atoms with E-state index in [0.29, 0.717) is 12.6 Å². The van der Waals surface area contributed by atoms with E-state index in [1.165, 1.54) is 11.1 Å². The molecule has 0 aromatic heterocycles. The lowest BCUT2D eigenvalue weighted by molar-refractivity contribution is 0.153. The Hall–Kier alpha value is -1.12. The van der Waals surface area contributed by atoms with Crippen LogP contribution in [-0.4, -0.2) is 30.7 Å². The number of nitrogens with zero attached hydrogens (tertiary/aromatic N) is 1. The van der Waals surface area contributed by atoms with Crippen molar-refractivity contribution in [2.75, 3.05) is 19.8 Å². The highest BCUT2D eigenvalue weighted by atomic mass is 16.5. The second kappa shape index (κ2) is 5.28. The Bertz CT molecular complexity index is 344. The molecular weight excluding hydrogens is 198 g/mol. The van der Waals surface area contributed by atoms with E-state index in [9.17, 15) is 0 Å². The Balaban J connectivity index is 1.72. The van der Waals surface area contributed by atoms with Crippen LogP contribution >= 0.6 is 0 Å². The lowest BCUT2D eigenvalue weighted by atomic mass is 10.1. The lowest BCUT2D eigenvalue weighted by Gasteiger charge is -2.04. The summed E-state index contributed by atoms with van der Waals surface area (Å²) in [6.45, 7) is 9.45. The van der Waals surface area contributed by atoms with Crippen LogP contribution in [-0.2, 0) is 11.3 Å². The summed E-state index contributed by atoms with van der Waals surface area (Å²) < 4.78 is 5.43. The van der Waals surface area contributed by atoms with Crippen molar-refractivity contribution >= 4 is 0 Å². The highest BCUT2D eigenvalue weighted by molar-refractivity contribution is 5.21.